The lowest BCUT2D eigenvalue weighted by atomic mass is 9.95. The molecule has 0 radical (unpaired) electrons. The van der Waals surface area contributed by atoms with E-state index in [-0.39, 0.29) is 5.91 Å². The van der Waals surface area contributed by atoms with Crippen LogP contribution in [0.25, 0.3) is 16.7 Å². The van der Waals surface area contributed by atoms with Gasteiger partial charge in [-0.25, -0.2) is 4.98 Å². The average molecular weight is 370 g/mol. The first-order chi connectivity index (χ1) is 13.8. The van der Waals surface area contributed by atoms with Gasteiger partial charge in [-0.05, 0) is 61.4 Å². The lowest BCUT2D eigenvalue weighted by Gasteiger charge is -2.31. The lowest BCUT2D eigenvalue weighted by molar-refractivity contribution is 0.0711. The number of hydrogen-bond donors (Lipinski definition) is 1. The maximum Gasteiger partial charge on any atom is 0.253 e. The first-order valence-electron chi connectivity index (χ1n) is 9.75. The van der Waals surface area contributed by atoms with Gasteiger partial charge in [0.2, 0.25) is 0 Å². The van der Waals surface area contributed by atoms with Crippen LogP contribution in [0, 0.1) is 0 Å². The number of aromatic amines is 1. The van der Waals surface area contributed by atoms with E-state index in [1.165, 1.54) is 0 Å². The third-order valence-electron chi connectivity index (χ3n) is 5.59. The average Bonchev–Trinajstić information content (AvgIpc) is 3.43. The normalized spacial score (nSPS) is 15.2. The molecule has 1 aliphatic heterocycles. The molecule has 1 amide bonds. The standard InChI is InChI=1S/C23H22N4O/c28-23(18-7-9-19(10-8-18)26-13-3-4-14-26)27-15-11-17(12-16-27)22-24-20-5-1-2-6-21(20)25-22/h1-10,13-14,17H,11-12,15-16H2,(H,24,25). The Hall–Kier alpha value is -3.34. The first-order valence-corrected chi connectivity index (χ1v) is 9.75. The maximum absolute atomic E-state index is 12.9. The smallest absolute Gasteiger partial charge is 0.253 e. The highest BCUT2D eigenvalue weighted by molar-refractivity contribution is 5.94. The molecule has 3 heterocycles. The van der Waals surface area contributed by atoms with Crippen molar-refractivity contribution in [3.05, 3.63) is 84.4 Å². The van der Waals surface area contributed by atoms with E-state index in [2.05, 4.69) is 11.1 Å². The predicted molar refractivity (Wildman–Crippen MR) is 110 cm³/mol. The third kappa shape index (κ3) is 3.09. The van der Waals surface area contributed by atoms with Crippen molar-refractivity contribution < 1.29 is 4.79 Å². The first kappa shape index (κ1) is 16.8. The largest absolute Gasteiger partial charge is 0.342 e. The molecule has 1 aliphatic rings. The van der Waals surface area contributed by atoms with Gasteiger partial charge in [-0.15, -0.1) is 0 Å². The Bertz CT molecular complexity index is 1050. The maximum atomic E-state index is 12.9. The number of likely N-dealkylation sites (tertiary alicyclic amines) is 1. The molecule has 5 nitrogen and oxygen atoms in total. The summed E-state index contributed by atoms with van der Waals surface area (Å²) in [5.41, 5.74) is 3.90. The van der Waals surface area contributed by atoms with E-state index in [4.69, 9.17) is 4.98 Å². The van der Waals surface area contributed by atoms with E-state index in [0.29, 0.717) is 5.92 Å². The summed E-state index contributed by atoms with van der Waals surface area (Å²) < 4.78 is 2.03. The van der Waals surface area contributed by atoms with Gasteiger partial charge in [0.05, 0.1) is 11.0 Å². The molecule has 0 unspecified atom stereocenters. The number of rotatable bonds is 3. The molecule has 5 rings (SSSR count). The van der Waals surface area contributed by atoms with Gasteiger partial charge in [0.25, 0.3) is 5.91 Å². The van der Waals surface area contributed by atoms with Crippen LogP contribution in [0.15, 0.2) is 73.1 Å². The summed E-state index contributed by atoms with van der Waals surface area (Å²) >= 11 is 0. The molecule has 0 bridgehead atoms. The Kier molecular flexibility index (Phi) is 4.20. The van der Waals surface area contributed by atoms with Crippen LogP contribution in [0.3, 0.4) is 0 Å². The SMILES string of the molecule is O=C(c1ccc(-n2cccc2)cc1)N1CCC(c2nc3ccccc3[nH]2)CC1. The molecule has 1 saturated heterocycles. The Morgan fingerprint density at radius 3 is 2.36 bits per heavy atom. The molecule has 5 heteroatoms. The highest BCUT2D eigenvalue weighted by Gasteiger charge is 2.26. The Labute approximate surface area is 163 Å². The van der Waals surface area contributed by atoms with Crippen molar-refractivity contribution in [2.75, 3.05) is 13.1 Å². The second-order valence-corrected chi connectivity index (χ2v) is 7.34. The van der Waals surface area contributed by atoms with E-state index in [1.54, 1.807) is 0 Å². The minimum Gasteiger partial charge on any atom is -0.342 e. The number of carbonyl (C=O) groups is 1. The van der Waals surface area contributed by atoms with Crippen LogP contribution in [0.2, 0.25) is 0 Å². The van der Waals surface area contributed by atoms with Gasteiger partial charge in [0, 0.05) is 42.7 Å². The van der Waals surface area contributed by atoms with E-state index in [0.717, 1.165) is 54.0 Å². The molecule has 0 aliphatic carbocycles. The van der Waals surface area contributed by atoms with Gasteiger partial charge in [-0.3, -0.25) is 4.79 Å². The number of amides is 1. The Morgan fingerprint density at radius 1 is 0.929 bits per heavy atom. The van der Waals surface area contributed by atoms with Crippen molar-refractivity contribution in [1.29, 1.82) is 0 Å². The van der Waals surface area contributed by atoms with Gasteiger partial charge >= 0.3 is 0 Å². The summed E-state index contributed by atoms with van der Waals surface area (Å²) in [5, 5.41) is 0. The van der Waals surface area contributed by atoms with Crippen LogP contribution >= 0.6 is 0 Å². The summed E-state index contributed by atoms with van der Waals surface area (Å²) in [6.45, 7) is 1.53. The van der Waals surface area contributed by atoms with E-state index >= 15 is 0 Å². The fourth-order valence-corrected chi connectivity index (χ4v) is 3.99. The quantitative estimate of drug-likeness (QED) is 0.582. The molecule has 0 atom stereocenters. The number of hydrogen-bond acceptors (Lipinski definition) is 2. The lowest BCUT2D eigenvalue weighted by Crippen LogP contribution is -2.38. The molecule has 4 aromatic rings. The second-order valence-electron chi connectivity index (χ2n) is 7.34. The van der Waals surface area contributed by atoms with Gasteiger partial charge < -0.3 is 14.5 Å². The molecule has 1 N–H and O–H groups in total. The van der Waals surface area contributed by atoms with Gasteiger partial charge in [0.15, 0.2) is 0 Å². The van der Waals surface area contributed by atoms with Crippen molar-refractivity contribution in [3.8, 4) is 5.69 Å². The third-order valence-corrected chi connectivity index (χ3v) is 5.59. The van der Waals surface area contributed by atoms with Crippen LogP contribution in [-0.2, 0) is 0 Å². The number of nitrogens with one attached hydrogen (secondary N) is 1. The number of para-hydroxylation sites is 2. The number of aromatic nitrogens is 3. The minimum absolute atomic E-state index is 0.113. The number of nitrogens with zero attached hydrogens (tertiary/aromatic N) is 3. The Morgan fingerprint density at radius 2 is 1.64 bits per heavy atom. The predicted octanol–water partition coefficient (Wildman–Crippen LogP) is 4.37. The van der Waals surface area contributed by atoms with Crippen molar-refractivity contribution >= 4 is 16.9 Å². The number of benzene rings is 2. The zero-order valence-corrected chi connectivity index (χ0v) is 15.6. The van der Waals surface area contributed by atoms with Crippen LogP contribution in [0.4, 0.5) is 0 Å². The number of carbonyl (C=O) groups excluding carboxylic acids is 1. The molecule has 0 saturated carbocycles. The molecule has 2 aromatic heterocycles. The van der Waals surface area contributed by atoms with E-state index in [1.807, 2.05) is 76.5 Å². The van der Waals surface area contributed by atoms with Crippen molar-refractivity contribution in [2.45, 2.75) is 18.8 Å². The Balaban J connectivity index is 1.25. The highest BCUT2D eigenvalue weighted by atomic mass is 16.2. The van der Waals surface area contributed by atoms with Crippen LogP contribution in [0.1, 0.15) is 34.9 Å². The van der Waals surface area contributed by atoms with Crippen molar-refractivity contribution in [2.24, 2.45) is 0 Å². The van der Waals surface area contributed by atoms with Crippen LogP contribution in [-0.4, -0.2) is 38.4 Å². The zero-order chi connectivity index (χ0) is 18.9. The van der Waals surface area contributed by atoms with Crippen molar-refractivity contribution in [3.63, 3.8) is 0 Å². The summed E-state index contributed by atoms with van der Waals surface area (Å²) in [6.07, 6.45) is 5.87. The molecule has 1 fully saturated rings. The number of fused-ring (bicyclic) bond motifs is 1. The molecular formula is C23H22N4O. The van der Waals surface area contributed by atoms with Crippen LogP contribution < -0.4 is 0 Å². The van der Waals surface area contributed by atoms with E-state index in [9.17, 15) is 4.79 Å². The number of H-pyrrole nitrogens is 1. The fraction of sp³-hybridized carbons (Fsp3) is 0.217. The van der Waals surface area contributed by atoms with E-state index < -0.39 is 0 Å². The summed E-state index contributed by atoms with van der Waals surface area (Å²) in [5.74, 6) is 1.54. The minimum atomic E-state index is 0.113. The fourth-order valence-electron chi connectivity index (χ4n) is 3.99. The molecular weight excluding hydrogens is 348 g/mol. The summed E-state index contributed by atoms with van der Waals surface area (Å²) in [6, 6.07) is 19.9. The monoisotopic (exact) mass is 370 g/mol. The number of piperidine rings is 1. The second kappa shape index (κ2) is 7.00. The molecule has 2 aromatic carbocycles. The number of imidazole rings is 1. The van der Waals surface area contributed by atoms with Crippen molar-refractivity contribution in [1.82, 2.24) is 19.4 Å². The highest BCUT2D eigenvalue weighted by Crippen LogP contribution is 2.28. The van der Waals surface area contributed by atoms with Crippen LogP contribution in [0.5, 0.6) is 0 Å². The van der Waals surface area contributed by atoms with Gasteiger partial charge in [-0.1, -0.05) is 12.1 Å². The van der Waals surface area contributed by atoms with Gasteiger partial charge in [-0.2, -0.15) is 0 Å². The topological polar surface area (TPSA) is 53.9 Å². The molecule has 0 spiro atoms. The zero-order valence-electron chi connectivity index (χ0n) is 15.6. The van der Waals surface area contributed by atoms with Gasteiger partial charge in [0.1, 0.15) is 5.82 Å². The summed E-state index contributed by atoms with van der Waals surface area (Å²) in [7, 11) is 0. The molecule has 140 valence electrons. The molecule has 28 heavy (non-hydrogen) atoms. The summed E-state index contributed by atoms with van der Waals surface area (Å²) in [4.78, 5) is 23.0.